The first-order valence-corrected chi connectivity index (χ1v) is 7.62. The second kappa shape index (κ2) is 5.74. The molecule has 0 aliphatic rings. The van der Waals surface area contributed by atoms with E-state index in [2.05, 4.69) is 0 Å². The van der Waals surface area contributed by atoms with Crippen LogP contribution in [0.4, 0.5) is 5.69 Å². The van der Waals surface area contributed by atoms with Crippen molar-refractivity contribution in [1.29, 1.82) is 0 Å². The van der Waals surface area contributed by atoms with E-state index in [0.29, 0.717) is 12.3 Å². The first-order valence-electron chi connectivity index (χ1n) is 5.48. The van der Waals surface area contributed by atoms with Crippen LogP contribution in [0.2, 0.25) is 0 Å². The molecule has 0 aliphatic carbocycles. The molecule has 0 aliphatic heterocycles. The van der Waals surface area contributed by atoms with Crippen LogP contribution < -0.4 is 4.31 Å². The second-order valence-corrected chi connectivity index (χ2v) is 6.61. The highest BCUT2D eigenvalue weighted by Gasteiger charge is 2.19. The Balaban J connectivity index is 2.99. The van der Waals surface area contributed by atoms with Crippen molar-refractivity contribution in [3.05, 3.63) is 29.3 Å². The van der Waals surface area contributed by atoms with Crippen molar-refractivity contribution in [2.45, 2.75) is 20.3 Å². The Hall–Kier alpha value is -0.740. The molecule has 0 radical (unpaired) electrons. The number of halogens is 1. The zero-order chi connectivity index (χ0) is 13.1. The molecule has 0 saturated heterocycles. The van der Waals surface area contributed by atoms with E-state index in [-0.39, 0.29) is 5.75 Å². The first kappa shape index (κ1) is 14.3. The minimum Gasteiger partial charge on any atom is -0.273 e. The van der Waals surface area contributed by atoms with Gasteiger partial charge < -0.3 is 0 Å². The molecule has 0 N–H and O–H groups in total. The highest BCUT2D eigenvalue weighted by molar-refractivity contribution is 7.92. The molecule has 0 fully saturated rings. The van der Waals surface area contributed by atoms with Crippen molar-refractivity contribution in [2.75, 3.05) is 23.0 Å². The maximum absolute atomic E-state index is 12.0. The van der Waals surface area contributed by atoms with E-state index in [0.717, 1.165) is 16.8 Å². The van der Waals surface area contributed by atoms with Crippen LogP contribution in [-0.2, 0) is 10.0 Å². The van der Waals surface area contributed by atoms with E-state index in [1.165, 1.54) is 4.31 Å². The van der Waals surface area contributed by atoms with Crippen molar-refractivity contribution in [2.24, 2.45) is 0 Å². The molecule has 0 saturated carbocycles. The van der Waals surface area contributed by atoms with Gasteiger partial charge in [0.05, 0.1) is 11.4 Å². The van der Waals surface area contributed by atoms with Crippen molar-refractivity contribution < 1.29 is 8.42 Å². The zero-order valence-corrected chi connectivity index (χ0v) is 12.0. The number of anilines is 1. The minimum absolute atomic E-state index is 0.0836. The van der Waals surface area contributed by atoms with Gasteiger partial charge in [-0.3, -0.25) is 4.31 Å². The number of sulfonamides is 1. The maximum atomic E-state index is 12.0. The van der Waals surface area contributed by atoms with E-state index in [4.69, 9.17) is 11.6 Å². The van der Waals surface area contributed by atoms with Gasteiger partial charge in [-0.25, -0.2) is 8.42 Å². The monoisotopic (exact) mass is 275 g/mol. The third-order valence-electron chi connectivity index (χ3n) is 2.64. The number of benzene rings is 1. The summed E-state index contributed by atoms with van der Waals surface area (Å²) in [7, 11) is -1.68. The highest BCUT2D eigenvalue weighted by Crippen LogP contribution is 2.22. The van der Waals surface area contributed by atoms with Crippen LogP contribution >= 0.6 is 11.6 Å². The Kier molecular flexibility index (Phi) is 4.83. The van der Waals surface area contributed by atoms with Crippen molar-refractivity contribution in [1.82, 2.24) is 0 Å². The van der Waals surface area contributed by atoms with E-state index in [9.17, 15) is 8.42 Å². The molecule has 0 amide bonds. The number of alkyl halides is 1. The fourth-order valence-corrected chi connectivity index (χ4v) is 3.26. The standard InChI is InChI=1S/C12H18ClNO2S/c1-10-5-6-12(11(2)9-10)14(3)17(15,16)8-4-7-13/h5-6,9H,4,7-8H2,1-3H3. The topological polar surface area (TPSA) is 37.4 Å². The average Bonchev–Trinajstić information content (AvgIpc) is 2.25. The molecule has 3 nitrogen and oxygen atoms in total. The Morgan fingerprint density at radius 3 is 2.47 bits per heavy atom. The van der Waals surface area contributed by atoms with Crippen molar-refractivity contribution >= 4 is 27.3 Å². The fourth-order valence-electron chi connectivity index (χ4n) is 1.68. The average molecular weight is 276 g/mol. The lowest BCUT2D eigenvalue weighted by Crippen LogP contribution is -2.29. The summed E-state index contributed by atoms with van der Waals surface area (Å²) in [5.74, 6) is 0.445. The van der Waals surface area contributed by atoms with Crippen LogP contribution in [0.1, 0.15) is 17.5 Å². The van der Waals surface area contributed by atoms with Crippen LogP contribution in [0.5, 0.6) is 0 Å². The normalized spacial score (nSPS) is 11.5. The second-order valence-electron chi connectivity index (χ2n) is 4.12. The van der Waals surface area contributed by atoms with Gasteiger partial charge in [0.1, 0.15) is 0 Å². The first-order chi connectivity index (χ1) is 7.88. The van der Waals surface area contributed by atoms with Crippen LogP contribution in [0.3, 0.4) is 0 Å². The smallest absolute Gasteiger partial charge is 0.234 e. The van der Waals surface area contributed by atoms with E-state index < -0.39 is 10.0 Å². The van der Waals surface area contributed by atoms with E-state index in [1.807, 2.05) is 32.0 Å². The number of hydrogen-bond acceptors (Lipinski definition) is 2. The molecule has 96 valence electrons. The molecule has 0 heterocycles. The molecule has 17 heavy (non-hydrogen) atoms. The summed E-state index contributed by atoms with van der Waals surface area (Å²) in [6.45, 7) is 3.90. The molecule has 0 aromatic heterocycles. The predicted molar refractivity (Wildman–Crippen MR) is 73.4 cm³/mol. The molecule has 0 atom stereocenters. The molecule has 1 aromatic carbocycles. The van der Waals surface area contributed by atoms with Gasteiger partial charge in [-0.2, -0.15) is 0 Å². The van der Waals surface area contributed by atoms with E-state index in [1.54, 1.807) is 7.05 Å². The molecular formula is C12H18ClNO2S. The van der Waals surface area contributed by atoms with Gasteiger partial charge >= 0.3 is 0 Å². The van der Waals surface area contributed by atoms with Gasteiger partial charge in [0.2, 0.25) is 10.0 Å². The summed E-state index contributed by atoms with van der Waals surface area (Å²) in [5.41, 5.74) is 2.81. The van der Waals surface area contributed by atoms with E-state index >= 15 is 0 Å². The molecule has 0 spiro atoms. The number of rotatable bonds is 5. The van der Waals surface area contributed by atoms with Crippen LogP contribution in [0.15, 0.2) is 18.2 Å². The lowest BCUT2D eigenvalue weighted by molar-refractivity contribution is 0.593. The van der Waals surface area contributed by atoms with Gasteiger partial charge in [-0.1, -0.05) is 17.7 Å². The third-order valence-corrected chi connectivity index (χ3v) is 4.75. The Labute approximate surface area is 108 Å². The maximum Gasteiger partial charge on any atom is 0.234 e. The van der Waals surface area contributed by atoms with Crippen LogP contribution in [-0.4, -0.2) is 27.1 Å². The van der Waals surface area contributed by atoms with Gasteiger partial charge in [0, 0.05) is 12.9 Å². The third kappa shape index (κ3) is 3.61. The van der Waals surface area contributed by atoms with Gasteiger partial charge in [-0.15, -0.1) is 11.6 Å². The number of nitrogens with zero attached hydrogens (tertiary/aromatic N) is 1. The van der Waals surface area contributed by atoms with Crippen LogP contribution in [0, 0.1) is 13.8 Å². The molecule has 1 rings (SSSR count). The lowest BCUT2D eigenvalue weighted by atomic mass is 10.1. The predicted octanol–water partition coefficient (Wildman–Crippen LogP) is 2.70. The number of aryl methyl sites for hydroxylation is 2. The molecule has 5 heteroatoms. The molecule has 0 unspecified atom stereocenters. The summed E-state index contributed by atoms with van der Waals surface area (Å²) in [5, 5.41) is 0. The Morgan fingerprint density at radius 1 is 1.29 bits per heavy atom. The van der Waals surface area contributed by atoms with Gasteiger partial charge in [0.25, 0.3) is 0 Å². The Bertz CT molecular complexity index is 485. The summed E-state index contributed by atoms with van der Waals surface area (Å²) < 4.78 is 25.3. The summed E-state index contributed by atoms with van der Waals surface area (Å²) in [6.07, 6.45) is 0.471. The summed E-state index contributed by atoms with van der Waals surface area (Å²) in [6, 6.07) is 5.72. The number of hydrogen-bond donors (Lipinski definition) is 0. The SMILES string of the molecule is Cc1ccc(N(C)S(=O)(=O)CCCCl)c(C)c1. The van der Waals surface area contributed by atoms with Crippen molar-refractivity contribution in [3.63, 3.8) is 0 Å². The van der Waals surface area contributed by atoms with Crippen LogP contribution in [0.25, 0.3) is 0 Å². The Morgan fingerprint density at radius 2 is 1.94 bits per heavy atom. The molecule has 1 aromatic rings. The minimum atomic E-state index is -3.26. The quantitative estimate of drug-likeness (QED) is 0.775. The highest BCUT2D eigenvalue weighted by atomic mass is 35.5. The zero-order valence-electron chi connectivity index (χ0n) is 10.4. The summed E-state index contributed by atoms with van der Waals surface area (Å²) in [4.78, 5) is 0. The summed E-state index contributed by atoms with van der Waals surface area (Å²) >= 11 is 5.53. The van der Waals surface area contributed by atoms with Gasteiger partial charge in [-0.05, 0) is 31.9 Å². The fraction of sp³-hybridized carbons (Fsp3) is 0.500. The molecule has 0 bridgehead atoms. The van der Waals surface area contributed by atoms with Gasteiger partial charge in [0.15, 0.2) is 0 Å². The van der Waals surface area contributed by atoms with Crippen molar-refractivity contribution in [3.8, 4) is 0 Å². The largest absolute Gasteiger partial charge is 0.273 e. The lowest BCUT2D eigenvalue weighted by Gasteiger charge is -2.21. The molecular weight excluding hydrogens is 258 g/mol.